The molecular weight excluding hydrogens is 208 g/mol. The van der Waals surface area contributed by atoms with E-state index < -0.39 is 18.0 Å². The summed E-state index contributed by atoms with van der Waals surface area (Å²) in [6.07, 6.45) is -0.882. The molecule has 16 heavy (non-hydrogen) atoms. The van der Waals surface area contributed by atoms with Crippen molar-refractivity contribution in [1.29, 1.82) is 0 Å². The van der Waals surface area contributed by atoms with Crippen LogP contribution in [0, 0.1) is 5.92 Å². The number of benzene rings is 1. The quantitative estimate of drug-likeness (QED) is 0.729. The van der Waals surface area contributed by atoms with Crippen LogP contribution >= 0.6 is 0 Å². The lowest BCUT2D eigenvalue weighted by atomic mass is 9.98. The Balaban J connectivity index is 2.60. The molecule has 88 valence electrons. The fraction of sp³-hybridized carbons (Fsp3) is 0.417. The SMILES string of the molecule is CC(C(=O)OCCO)C(O)c1ccccc1. The molecule has 0 saturated heterocycles. The number of hydrogen-bond acceptors (Lipinski definition) is 4. The van der Waals surface area contributed by atoms with Crippen molar-refractivity contribution in [1.82, 2.24) is 0 Å². The van der Waals surface area contributed by atoms with Crippen molar-refractivity contribution in [2.24, 2.45) is 5.92 Å². The van der Waals surface area contributed by atoms with Gasteiger partial charge in [-0.15, -0.1) is 0 Å². The van der Waals surface area contributed by atoms with E-state index in [-0.39, 0.29) is 13.2 Å². The van der Waals surface area contributed by atoms with Gasteiger partial charge in [-0.2, -0.15) is 0 Å². The number of carbonyl (C=O) groups excluding carboxylic acids is 1. The Kier molecular flexibility index (Phi) is 4.95. The summed E-state index contributed by atoms with van der Waals surface area (Å²) >= 11 is 0. The third-order valence-electron chi connectivity index (χ3n) is 2.32. The lowest BCUT2D eigenvalue weighted by molar-refractivity contribution is -0.152. The van der Waals surface area contributed by atoms with E-state index in [2.05, 4.69) is 0 Å². The van der Waals surface area contributed by atoms with Crippen molar-refractivity contribution in [3.05, 3.63) is 35.9 Å². The van der Waals surface area contributed by atoms with Crippen LogP contribution in [0.2, 0.25) is 0 Å². The Morgan fingerprint density at radius 1 is 1.38 bits per heavy atom. The van der Waals surface area contributed by atoms with Gasteiger partial charge in [-0.25, -0.2) is 0 Å². The first-order valence-electron chi connectivity index (χ1n) is 5.17. The van der Waals surface area contributed by atoms with Gasteiger partial charge in [-0.05, 0) is 12.5 Å². The van der Waals surface area contributed by atoms with Gasteiger partial charge >= 0.3 is 5.97 Å². The van der Waals surface area contributed by atoms with E-state index in [9.17, 15) is 9.90 Å². The van der Waals surface area contributed by atoms with Gasteiger partial charge in [0.05, 0.1) is 18.6 Å². The van der Waals surface area contributed by atoms with Gasteiger partial charge in [0.25, 0.3) is 0 Å². The predicted octanol–water partition coefficient (Wildman–Crippen LogP) is 0.892. The number of rotatable bonds is 5. The van der Waals surface area contributed by atoms with E-state index in [4.69, 9.17) is 9.84 Å². The lowest BCUT2D eigenvalue weighted by Gasteiger charge is -2.17. The second-order valence-electron chi connectivity index (χ2n) is 3.54. The molecule has 0 fully saturated rings. The van der Waals surface area contributed by atoms with Crippen LogP contribution in [-0.4, -0.2) is 29.4 Å². The highest BCUT2D eigenvalue weighted by Crippen LogP contribution is 2.22. The molecule has 0 saturated carbocycles. The number of aliphatic hydroxyl groups excluding tert-OH is 2. The summed E-state index contributed by atoms with van der Waals surface area (Å²) in [6, 6.07) is 8.93. The van der Waals surface area contributed by atoms with Crippen molar-refractivity contribution >= 4 is 5.97 Å². The molecule has 0 amide bonds. The summed E-state index contributed by atoms with van der Waals surface area (Å²) < 4.78 is 4.75. The van der Waals surface area contributed by atoms with E-state index >= 15 is 0 Å². The Hall–Kier alpha value is -1.39. The number of ether oxygens (including phenoxy) is 1. The fourth-order valence-electron chi connectivity index (χ4n) is 1.35. The molecule has 1 aromatic rings. The first-order valence-corrected chi connectivity index (χ1v) is 5.17. The lowest BCUT2D eigenvalue weighted by Crippen LogP contribution is -2.22. The molecule has 1 aromatic carbocycles. The minimum Gasteiger partial charge on any atom is -0.463 e. The molecular formula is C12H16O4. The maximum absolute atomic E-state index is 11.4. The van der Waals surface area contributed by atoms with Crippen LogP contribution in [0.25, 0.3) is 0 Å². The zero-order valence-corrected chi connectivity index (χ0v) is 9.17. The minimum absolute atomic E-state index is 0.0370. The van der Waals surface area contributed by atoms with E-state index in [1.54, 1.807) is 31.2 Å². The van der Waals surface area contributed by atoms with Crippen LogP contribution in [0.1, 0.15) is 18.6 Å². The van der Waals surface area contributed by atoms with Crippen molar-refractivity contribution in [2.45, 2.75) is 13.0 Å². The average Bonchev–Trinajstić information content (AvgIpc) is 2.35. The smallest absolute Gasteiger partial charge is 0.311 e. The molecule has 0 spiro atoms. The predicted molar refractivity (Wildman–Crippen MR) is 58.6 cm³/mol. The molecule has 0 bridgehead atoms. The number of esters is 1. The van der Waals surface area contributed by atoms with Crippen LogP contribution in [0.3, 0.4) is 0 Å². The van der Waals surface area contributed by atoms with E-state index in [0.717, 1.165) is 0 Å². The number of carbonyl (C=O) groups is 1. The van der Waals surface area contributed by atoms with Crippen LogP contribution in [0.4, 0.5) is 0 Å². The third kappa shape index (κ3) is 3.32. The average molecular weight is 224 g/mol. The maximum atomic E-state index is 11.4. The number of hydrogen-bond donors (Lipinski definition) is 2. The second kappa shape index (κ2) is 6.25. The van der Waals surface area contributed by atoms with Gasteiger partial charge in [0, 0.05) is 0 Å². The van der Waals surface area contributed by atoms with Gasteiger partial charge in [0.1, 0.15) is 6.61 Å². The van der Waals surface area contributed by atoms with E-state index in [0.29, 0.717) is 5.56 Å². The molecule has 1 rings (SSSR count). The van der Waals surface area contributed by atoms with Crippen molar-refractivity contribution in [3.8, 4) is 0 Å². The zero-order valence-electron chi connectivity index (χ0n) is 9.17. The van der Waals surface area contributed by atoms with E-state index in [1.807, 2.05) is 6.07 Å². The van der Waals surface area contributed by atoms with Crippen molar-refractivity contribution < 1.29 is 19.7 Å². The maximum Gasteiger partial charge on any atom is 0.311 e. The van der Waals surface area contributed by atoms with Gasteiger partial charge in [0.2, 0.25) is 0 Å². The number of aliphatic hydroxyl groups is 2. The summed E-state index contributed by atoms with van der Waals surface area (Å²) in [4.78, 5) is 11.4. The third-order valence-corrected chi connectivity index (χ3v) is 2.32. The Labute approximate surface area is 94.5 Å². The van der Waals surface area contributed by atoms with Crippen LogP contribution in [0.15, 0.2) is 30.3 Å². The summed E-state index contributed by atoms with van der Waals surface area (Å²) in [5.74, 6) is -1.15. The summed E-state index contributed by atoms with van der Waals surface area (Å²) in [5, 5.41) is 18.4. The molecule has 4 heteroatoms. The highest BCUT2D eigenvalue weighted by atomic mass is 16.5. The van der Waals surface area contributed by atoms with Gasteiger partial charge in [0.15, 0.2) is 0 Å². The van der Waals surface area contributed by atoms with Crippen molar-refractivity contribution in [2.75, 3.05) is 13.2 Å². The highest BCUT2D eigenvalue weighted by Gasteiger charge is 2.24. The molecule has 0 aliphatic carbocycles. The second-order valence-corrected chi connectivity index (χ2v) is 3.54. The first kappa shape index (κ1) is 12.7. The molecule has 0 heterocycles. The van der Waals surface area contributed by atoms with Crippen LogP contribution < -0.4 is 0 Å². The Morgan fingerprint density at radius 3 is 2.56 bits per heavy atom. The molecule has 4 nitrogen and oxygen atoms in total. The molecule has 0 aliphatic heterocycles. The van der Waals surface area contributed by atoms with Crippen LogP contribution in [-0.2, 0) is 9.53 Å². The Bertz CT molecular complexity index is 323. The normalized spacial score (nSPS) is 14.2. The zero-order chi connectivity index (χ0) is 12.0. The largest absolute Gasteiger partial charge is 0.463 e. The summed E-state index contributed by atoms with van der Waals surface area (Å²) in [7, 11) is 0. The standard InChI is InChI=1S/C12H16O4/c1-9(12(15)16-8-7-13)11(14)10-5-3-2-4-6-10/h2-6,9,11,13-14H,7-8H2,1H3. The summed E-state index contributed by atoms with van der Waals surface area (Å²) in [5.41, 5.74) is 0.677. The van der Waals surface area contributed by atoms with Gasteiger partial charge in [-0.3, -0.25) is 4.79 Å². The minimum atomic E-state index is -0.882. The monoisotopic (exact) mass is 224 g/mol. The van der Waals surface area contributed by atoms with Gasteiger partial charge < -0.3 is 14.9 Å². The topological polar surface area (TPSA) is 66.8 Å². The molecule has 0 radical (unpaired) electrons. The highest BCUT2D eigenvalue weighted by molar-refractivity contribution is 5.73. The first-order chi connectivity index (χ1) is 7.66. The molecule has 2 unspecified atom stereocenters. The molecule has 0 aliphatic rings. The molecule has 0 aromatic heterocycles. The van der Waals surface area contributed by atoms with Crippen LogP contribution in [0.5, 0.6) is 0 Å². The van der Waals surface area contributed by atoms with Crippen molar-refractivity contribution in [3.63, 3.8) is 0 Å². The van der Waals surface area contributed by atoms with Gasteiger partial charge in [-0.1, -0.05) is 30.3 Å². The molecule has 2 atom stereocenters. The van der Waals surface area contributed by atoms with E-state index in [1.165, 1.54) is 0 Å². The Morgan fingerprint density at radius 2 is 2.00 bits per heavy atom. The fourth-order valence-corrected chi connectivity index (χ4v) is 1.35. The summed E-state index contributed by atoms with van der Waals surface area (Å²) in [6.45, 7) is 1.35. The molecule has 2 N–H and O–H groups in total.